The van der Waals surface area contributed by atoms with Gasteiger partial charge in [0.25, 0.3) is 5.91 Å². The average molecular weight is 343 g/mol. The number of hydrogen-bond donors (Lipinski definition) is 2. The van der Waals surface area contributed by atoms with Gasteiger partial charge in [0.05, 0.1) is 17.4 Å². The summed E-state index contributed by atoms with van der Waals surface area (Å²) in [6, 6.07) is 8.73. The second-order valence-electron chi connectivity index (χ2n) is 5.32. The largest absolute Gasteiger partial charge is 0.360 e. The van der Waals surface area contributed by atoms with Crippen LogP contribution in [0.4, 0.5) is 17.2 Å². The lowest BCUT2D eigenvalue weighted by molar-refractivity contribution is 0.102. The molecule has 24 heavy (non-hydrogen) atoms. The third kappa shape index (κ3) is 3.72. The highest BCUT2D eigenvalue weighted by Crippen LogP contribution is 2.21. The Morgan fingerprint density at radius 1 is 1.17 bits per heavy atom. The first kappa shape index (κ1) is 16.0. The molecule has 0 saturated carbocycles. The normalized spacial score (nSPS) is 10.5. The van der Waals surface area contributed by atoms with E-state index in [0.717, 1.165) is 5.56 Å². The van der Waals surface area contributed by atoms with Gasteiger partial charge in [0.2, 0.25) is 0 Å². The highest BCUT2D eigenvalue weighted by atomic mass is 35.5. The molecule has 2 aromatic heterocycles. The quantitative estimate of drug-likeness (QED) is 0.737. The Morgan fingerprint density at radius 3 is 2.71 bits per heavy atom. The zero-order chi connectivity index (χ0) is 17.1. The molecule has 0 bridgehead atoms. The lowest BCUT2D eigenvalue weighted by Gasteiger charge is -2.09. The topological polar surface area (TPSA) is 80.0 Å². The average Bonchev–Trinajstić information content (AvgIpc) is 2.95. The molecule has 2 heterocycles. The van der Waals surface area contributed by atoms with Gasteiger partial charge in [-0.2, -0.15) is 0 Å². The lowest BCUT2D eigenvalue weighted by Crippen LogP contribution is -2.13. The maximum atomic E-state index is 12.4. The van der Waals surface area contributed by atoms with E-state index in [4.69, 9.17) is 16.1 Å². The van der Waals surface area contributed by atoms with Crippen LogP contribution in [0, 0.1) is 13.8 Å². The van der Waals surface area contributed by atoms with Crippen molar-refractivity contribution >= 4 is 34.7 Å². The highest BCUT2D eigenvalue weighted by molar-refractivity contribution is 6.30. The van der Waals surface area contributed by atoms with E-state index in [0.29, 0.717) is 33.5 Å². The molecular weight excluding hydrogens is 328 g/mol. The van der Waals surface area contributed by atoms with Crippen molar-refractivity contribution in [1.82, 2.24) is 10.1 Å². The SMILES string of the molecule is Cc1cc(Nc2cncc(C(=O)Nc3ccc(Cl)cc3C)c2)no1. The standard InChI is InChI=1S/C17H15ClN4O2/c1-10-5-13(18)3-4-15(10)21-17(23)12-7-14(9-19-8-12)20-16-6-11(2)24-22-16/h3-9H,1-2H3,(H,20,22)(H,21,23). The number of aromatic nitrogens is 2. The van der Waals surface area contributed by atoms with Crippen LogP contribution in [0.15, 0.2) is 47.2 Å². The van der Waals surface area contributed by atoms with Gasteiger partial charge in [0.15, 0.2) is 5.82 Å². The van der Waals surface area contributed by atoms with Gasteiger partial charge in [0.1, 0.15) is 5.76 Å². The van der Waals surface area contributed by atoms with Crippen molar-refractivity contribution in [3.8, 4) is 0 Å². The van der Waals surface area contributed by atoms with Gasteiger partial charge >= 0.3 is 0 Å². The zero-order valence-corrected chi connectivity index (χ0v) is 13.9. The molecule has 0 saturated heterocycles. The van der Waals surface area contributed by atoms with Crippen molar-refractivity contribution in [2.75, 3.05) is 10.6 Å². The van der Waals surface area contributed by atoms with Crippen molar-refractivity contribution in [2.24, 2.45) is 0 Å². The number of rotatable bonds is 4. The summed E-state index contributed by atoms with van der Waals surface area (Å²) >= 11 is 5.93. The summed E-state index contributed by atoms with van der Waals surface area (Å²) in [5.41, 5.74) is 2.66. The predicted molar refractivity (Wildman–Crippen MR) is 92.9 cm³/mol. The Bertz CT molecular complexity index is 892. The molecule has 1 aromatic carbocycles. The summed E-state index contributed by atoms with van der Waals surface area (Å²) in [4.78, 5) is 16.5. The second kappa shape index (κ2) is 6.72. The zero-order valence-electron chi connectivity index (χ0n) is 13.1. The number of halogens is 1. The first-order valence-electron chi connectivity index (χ1n) is 7.24. The summed E-state index contributed by atoms with van der Waals surface area (Å²) in [5, 5.41) is 10.4. The number of aryl methyl sites for hydroxylation is 2. The Balaban J connectivity index is 1.76. The van der Waals surface area contributed by atoms with Crippen LogP contribution >= 0.6 is 11.6 Å². The van der Waals surface area contributed by atoms with E-state index in [2.05, 4.69) is 20.8 Å². The van der Waals surface area contributed by atoms with Crippen LogP contribution in [0.2, 0.25) is 5.02 Å². The van der Waals surface area contributed by atoms with Gasteiger partial charge < -0.3 is 15.2 Å². The van der Waals surface area contributed by atoms with E-state index in [1.165, 1.54) is 6.20 Å². The molecule has 0 radical (unpaired) electrons. The van der Waals surface area contributed by atoms with E-state index in [-0.39, 0.29) is 5.91 Å². The minimum Gasteiger partial charge on any atom is -0.360 e. The Hall–Kier alpha value is -2.86. The van der Waals surface area contributed by atoms with Gasteiger partial charge in [-0.1, -0.05) is 16.8 Å². The number of carbonyl (C=O) groups excluding carboxylic acids is 1. The lowest BCUT2D eigenvalue weighted by atomic mass is 10.2. The molecule has 0 atom stereocenters. The van der Waals surface area contributed by atoms with E-state index in [1.54, 1.807) is 43.5 Å². The van der Waals surface area contributed by atoms with Crippen LogP contribution in [0.3, 0.4) is 0 Å². The van der Waals surface area contributed by atoms with Crippen LogP contribution in [0.25, 0.3) is 0 Å². The van der Waals surface area contributed by atoms with E-state index < -0.39 is 0 Å². The van der Waals surface area contributed by atoms with Crippen molar-refractivity contribution in [1.29, 1.82) is 0 Å². The Kier molecular flexibility index (Phi) is 4.48. The minimum absolute atomic E-state index is 0.257. The summed E-state index contributed by atoms with van der Waals surface area (Å²) in [5.74, 6) is 0.992. The number of nitrogens with zero attached hydrogens (tertiary/aromatic N) is 2. The smallest absolute Gasteiger partial charge is 0.257 e. The molecule has 0 aliphatic carbocycles. The molecule has 3 aromatic rings. The van der Waals surface area contributed by atoms with Crippen LogP contribution in [0.1, 0.15) is 21.7 Å². The van der Waals surface area contributed by atoms with Crippen LogP contribution < -0.4 is 10.6 Å². The van der Waals surface area contributed by atoms with E-state index in [1.807, 2.05) is 6.92 Å². The van der Waals surface area contributed by atoms with E-state index in [9.17, 15) is 4.79 Å². The number of hydrogen-bond acceptors (Lipinski definition) is 5. The summed E-state index contributed by atoms with van der Waals surface area (Å²) in [6.07, 6.45) is 3.11. The predicted octanol–water partition coefficient (Wildman–Crippen LogP) is 4.34. The van der Waals surface area contributed by atoms with Crippen molar-refractivity contribution < 1.29 is 9.32 Å². The Morgan fingerprint density at radius 2 is 2.00 bits per heavy atom. The molecule has 0 aliphatic rings. The molecule has 6 nitrogen and oxygen atoms in total. The number of carbonyl (C=O) groups is 1. The fourth-order valence-electron chi connectivity index (χ4n) is 2.17. The molecule has 7 heteroatoms. The highest BCUT2D eigenvalue weighted by Gasteiger charge is 2.10. The Labute approximate surface area is 143 Å². The third-order valence-electron chi connectivity index (χ3n) is 3.34. The third-order valence-corrected chi connectivity index (χ3v) is 3.57. The number of benzene rings is 1. The van der Waals surface area contributed by atoms with Crippen molar-refractivity contribution in [2.45, 2.75) is 13.8 Å². The molecule has 1 amide bonds. The molecule has 3 rings (SSSR count). The maximum Gasteiger partial charge on any atom is 0.257 e. The van der Waals surface area contributed by atoms with Gasteiger partial charge in [-0.05, 0) is 43.7 Å². The maximum absolute atomic E-state index is 12.4. The molecule has 0 aliphatic heterocycles. The summed E-state index contributed by atoms with van der Waals surface area (Å²) in [6.45, 7) is 3.68. The fourth-order valence-corrected chi connectivity index (χ4v) is 2.39. The first-order valence-corrected chi connectivity index (χ1v) is 7.62. The number of pyridine rings is 1. The number of amides is 1. The van der Waals surface area contributed by atoms with Crippen LogP contribution in [-0.4, -0.2) is 16.0 Å². The van der Waals surface area contributed by atoms with Crippen LogP contribution in [-0.2, 0) is 0 Å². The fraction of sp³-hybridized carbons (Fsp3) is 0.118. The molecule has 0 unspecified atom stereocenters. The molecular formula is C17H15ClN4O2. The van der Waals surface area contributed by atoms with Crippen molar-refractivity contribution in [3.05, 3.63) is 64.6 Å². The van der Waals surface area contributed by atoms with Crippen molar-refractivity contribution in [3.63, 3.8) is 0 Å². The number of anilines is 3. The molecule has 0 spiro atoms. The first-order chi connectivity index (χ1) is 11.5. The number of nitrogens with one attached hydrogen (secondary N) is 2. The van der Waals surface area contributed by atoms with E-state index >= 15 is 0 Å². The monoisotopic (exact) mass is 342 g/mol. The van der Waals surface area contributed by atoms with Gasteiger partial charge in [-0.25, -0.2) is 0 Å². The van der Waals surface area contributed by atoms with Gasteiger partial charge in [-0.15, -0.1) is 0 Å². The summed E-state index contributed by atoms with van der Waals surface area (Å²) in [7, 11) is 0. The molecule has 0 fully saturated rings. The second-order valence-corrected chi connectivity index (χ2v) is 5.76. The van der Waals surface area contributed by atoms with Crippen LogP contribution in [0.5, 0.6) is 0 Å². The molecule has 2 N–H and O–H groups in total. The summed E-state index contributed by atoms with van der Waals surface area (Å²) < 4.78 is 4.99. The molecule has 122 valence electrons. The minimum atomic E-state index is -0.257. The van der Waals surface area contributed by atoms with Gasteiger partial charge in [0, 0.05) is 23.0 Å². The van der Waals surface area contributed by atoms with Gasteiger partial charge in [-0.3, -0.25) is 9.78 Å².